The summed E-state index contributed by atoms with van der Waals surface area (Å²) in [5, 5.41) is 7.55. The Kier molecular flexibility index (Phi) is 4.58. The van der Waals surface area contributed by atoms with Crippen LogP contribution >= 0.6 is 11.8 Å². The molecule has 0 bridgehead atoms. The highest BCUT2D eigenvalue weighted by Crippen LogP contribution is 2.48. The van der Waals surface area contributed by atoms with Crippen molar-refractivity contribution in [3.8, 4) is 22.9 Å². The summed E-state index contributed by atoms with van der Waals surface area (Å²) in [7, 11) is 1.63. The number of thioether (sulfide) groups is 1. The van der Waals surface area contributed by atoms with Crippen molar-refractivity contribution in [2.75, 3.05) is 19.2 Å². The molecule has 3 aromatic rings. The van der Waals surface area contributed by atoms with E-state index in [4.69, 9.17) is 19.3 Å². The molecular formula is C22H21N3O4S. The molecule has 1 N–H and O–H groups in total. The second kappa shape index (κ2) is 7.28. The number of rotatable bonds is 3. The van der Waals surface area contributed by atoms with Gasteiger partial charge in [-0.15, -0.1) is 11.8 Å². The van der Waals surface area contributed by atoms with Crippen LogP contribution in [0.3, 0.4) is 0 Å². The highest BCUT2D eigenvalue weighted by atomic mass is 32.2. The van der Waals surface area contributed by atoms with Crippen LogP contribution in [-0.4, -0.2) is 34.8 Å². The normalized spacial score (nSPS) is 19.8. The Bertz CT molecular complexity index is 1130. The van der Waals surface area contributed by atoms with Crippen LogP contribution in [0, 0.1) is 6.92 Å². The summed E-state index contributed by atoms with van der Waals surface area (Å²) in [5.74, 6) is 2.89. The number of methoxy groups -OCH3 is 1. The van der Waals surface area contributed by atoms with Gasteiger partial charge < -0.3 is 19.5 Å². The molecule has 0 saturated carbocycles. The number of hydrogen-bond acceptors (Lipinski definition) is 6. The van der Waals surface area contributed by atoms with Crippen molar-refractivity contribution in [3.05, 3.63) is 59.3 Å². The summed E-state index contributed by atoms with van der Waals surface area (Å²) >= 11 is 1.60. The maximum atomic E-state index is 12.8. The van der Waals surface area contributed by atoms with Crippen LogP contribution in [0.25, 0.3) is 5.69 Å². The lowest BCUT2D eigenvalue weighted by molar-refractivity contribution is -0.115. The quantitative estimate of drug-likeness (QED) is 0.684. The predicted octanol–water partition coefficient (Wildman–Crippen LogP) is 4.08. The van der Waals surface area contributed by atoms with Gasteiger partial charge in [0.15, 0.2) is 11.5 Å². The van der Waals surface area contributed by atoms with Gasteiger partial charge in [-0.05, 0) is 55.8 Å². The molecule has 2 aromatic carbocycles. The lowest BCUT2D eigenvalue weighted by Gasteiger charge is -2.17. The number of anilines is 1. The molecule has 2 aliphatic heterocycles. The number of hydrogen-bond donors (Lipinski definition) is 1. The molecule has 0 unspecified atom stereocenters. The Morgan fingerprint density at radius 2 is 1.93 bits per heavy atom. The minimum atomic E-state index is -0.225. The van der Waals surface area contributed by atoms with Gasteiger partial charge >= 0.3 is 0 Å². The number of fused-ring (bicyclic) bond motifs is 2. The molecule has 5 rings (SSSR count). The largest absolute Gasteiger partial charge is 0.497 e. The number of benzene rings is 2. The van der Waals surface area contributed by atoms with E-state index in [1.165, 1.54) is 0 Å². The molecule has 2 aliphatic rings. The average molecular weight is 423 g/mol. The zero-order chi connectivity index (χ0) is 20.8. The van der Waals surface area contributed by atoms with Crippen molar-refractivity contribution in [2.45, 2.75) is 24.3 Å². The summed E-state index contributed by atoms with van der Waals surface area (Å²) in [4.78, 5) is 12.8. The smallest absolute Gasteiger partial charge is 0.238 e. The third kappa shape index (κ3) is 3.08. The van der Waals surface area contributed by atoms with E-state index in [-0.39, 0.29) is 23.2 Å². The van der Waals surface area contributed by atoms with E-state index < -0.39 is 0 Å². The van der Waals surface area contributed by atoms with Gasteiger partial charge in [0.05, 0.1) is 29.0 Å². The van der Waals surface area contributed by atoms with Crippen LogP contribution in [0.15, 0.2) is 42.5 Å². The number of nitrogens with one attached hydrogen (secondary N) is 1. The molecule has 3 heterocycles. The molecular weight excluding hydrogens is 402 g/mol. The third-order valence-corrected chi connectivity index (χ3v) is 6.74. The standard InChI is InChI=1S/C22H21N3O4S/c1-12-19-20(14-4-9-17-18(10-14)29-11-28-17)30-13(2)22(26)23-21(19)25(24-12)15-5-7-16(27-3)8-6-15/h4-10,13,20H,11H2,1-3H3,(H,23,26)/t13-,20-/m0/s1. The molecule has 1 aromatic heterocycles. The third-order valence-electron chi connectivity index (χ3n) is 5.34. The van der Waals surface area contributed by atoms with E-state index in [0.717, 1.165) is 39.8 Å². The van der Waals surface area contributed by atoms with Gasteiger partial charge in [0.1, 0.15) is 11.6 Å². The number of nitrogens with zero attached hydrogens (tertiary/aromatic N) is 2. The molecule has 30 heavy (non-hydrogen) atoms. The molecule has 7 nitrogen and oxygen atoms in total. The molecule has 0 spiro atoms. The summed E-state index contributed by atoms with van der Waals surface area (Å²) in [6.07, 6.45) is 0. The maximum Gasteiger partial charge on any atom is 0.238 e. The fourth-order valence-electron chi connectivity index (χ4n) is 3.76. The zero-order valence-corrected chi connectivity index (χ0v) is 17.7. The number of aryl methyl sites for hydroxylation is 1. The molecule has 1 amide bonds. The van der Waals surface area contributed by atoms with Crippen molar-refractivity contribution >= 4 is 23.5 Å². The molecule has 2 atom stereocenters. The number of carbonyl (C=O) groups excluding carboxylic acids is 1. The topological polar surface area (TPSA) is 74.6 Å². The van der Waals surface area contributed by atoms with Crippen LogP contribution in [-0.2, 0) is 4.79 Å². The highest BCUT2D eigenvalue weighted by Gasteiger charge is 2.34. The first-order valence-electron chi connectivity index (χ1n) is 9.65. The van der Waals surface area contributed by atoms with Gasteiger partial charge in [0.25, 0.3) is 0 Å². The molecule has 0 radical (unpaired) electrons. The minimum absolute atomic E-state index is 0.0424. The number of ether oxygens (including phenoxy) is 3. The van der Waals surface area contributed by atoms with E-state index in [1.54, 1.807) is 23.6 Å². The van der Waals surface area contributed by atoms with E-state index in [2.05, 4.69) is 5.32 Å². The molecule has 0 fully saturated rings. The summed E-state index contributed by atoms with van der Waals surface area (Å²) < 4.78 is 18.1. The Labute approximate surface area is 178 Å². The van der Waals surface area contributed by atoms with Gasteiger partial charge in [0.2, 0.25) is 12.7 Å². The molecule has 0 saturated heterocycles. The minimum Gasteiger partial charge on any atom is -0.497 e. The first kappa shape index (κ1) is 18.9. The van der Waals surface area contributed by atoms with Crippen LogP contribution < -0.4 is 19.5 Å². The second-order valence-electron chi connectivity index (χ2n) is 7.22. The fraction of sp³-hybridized carbons (Fsp3) is 0.273. The van der Waals surface area contributed by atoms with Gasteiger partial charge in [0, 0.05) is 5.56 Å². The van der Waals surface area contributed by atoms with Gasteiger partial charge in [-0.2, -0.15) is 5.10 Å². The lowest BCUT2D eigenvalue weighted by atomic mass is 10.0. The summed E-state index contributed by atoms with van der Waals surface area (Å²) in [5.41, 5.74) is 3.76. The summed E-state index contributed by atoms with van der Waals surface area (Å²) in [6, 6.07) is 13.6. The monoisotopic (exact) mass is 423 g/mol. The van der Waals surface area contributed by atoms with E-state index in [0.29, 0.717) is 5.82 Å². The van der Waals surface area contributed by atoms with Gasteiger partial charge in [-0.1, -0.05) is 6.07 Å². The van der Waals surface area contributed by atoms with E-state index in [1.807, 2.05) is 56.3 Å². The van der Waals surface area contributed by atoms with Crippen molar-refractivity contribution in [1.29, 1.82) is 0 Å². The molecule has 0 aliphatic carbocycles. The van der Waals surface area contributed by atoms with Crippen molar-refractivity contribution in [2.24, 2.45) is 0 Å². The Morgan fingerprint density at radius 1 is 1.17 bits per heavy atom. The first-order valence-corrected chi connectivity index (χ1v) is 10.6. The predicted molar refractivity (Wildman–Crippen MR) is 115 cm³/mol. The zero-order valence-electron chi connectivity index (χ0n) is 16.8. The number of carbonyl (C=O) groups is 1. The second-order valence-corrected chi connectivity index (χ2v) is 8.67. The SMILES string of the molecule is COc1ccc(-n2nc(C)c3c2NC(=O)[C@H](C)S[C@H]3c2ccc3c(c2)OCO3)cc1. The Hall–Kier alpha value is -3.13. The number of aromatic nitrogens is 2. The number of amides is 1. The lowest BCUT2D eigenvalue weighted by Crippen LogP contribution is -2.22. The van der Waals surface area contributed by atoms with E-state index in [9.17, 15) is 4.79 Å². The maximum absolute atomic E-state index is 12.8. The van der Waals surface area contributed by atoms with Crippen molar-refractivity contribution in [1.82, 2.24) is 9.78 Å². The molecule has 8 heteroatoms. The van der Waals surface area contributed by atoms with Crippen LogP contribution in [0.2, 0.25) is 0 Å². The van der Waals surface area contributed by atoms with Gasteiger partial charge in [-0.25, -0.2) is 4.68 Å². The van der Waals surface area contributed by atoms with E-state index >= 15 is 0 Å². The Balaban J connectivity index is 1.64. The first-order chi connectivity index (χ1) is 14.5. The Morgan fingerprint density at radius 3 is 2.70 bits per heavy atom. The van der Waals surface area contributed by atoms with Crippen LogP contribution in [0.1, 0.15) is 29.0 Å². The van der Waals surface area contributed by atoms with Gasteiger partial charge in [-0.3, -0.25) is 4.79 Å². The van der Waals surface area contributed by atoms with Crippen molar-refractivity contribution in [3.63, 3.8) is 0 Å². The summed E-state index contributed by atoms with van der Waals surface area (Å²) in [6.45, 7) is 4.13. The highest BCUT2D eigenvalue weighted by molar-refractivity contribution is 8.01. The van der Waals surface area contributed by atoms with Crippen LogP contribution in [0.5, 0.6) is 17.2 Å². The fourth-order valence-corrected chi connectivity index (χ4v) is 5.07. The molecule has 154 valence electrons. The van der Waals surface area contributed by atoms with Crippen LogP contribution in [0.4, 0.5) is 5.82 Å². The average Bonchev–Trinajstić information content (AvgIpc) is 3.32. The van der Waals surface area contributed by atoms with Crippen molar-refractivity contribution < 1.29 is 19.0 Å².